The highest BCUT2D eigenvalue weighted by Gasteiger charge is 2.66. The van der Waals surface area contributed by atoms with Crippen LogP contribution in [-0.2, 0) is 6.42 Å². The minimum atomic E-state index is 0.726. The van der Waals surface area contributed by atoms with Crippen LogP contribution in [0.1, 0.15) is 43.7 Å². The second-order valence-corrected chi connectivity index (χ2v) is 7.76. The predicted molar refractivity (Wildman–Crippen MR) is 88.3 cm³/mol. The number of hydrogen-bond donors (Lipinski definition) is 1. The summed E-state index contributed by atoms with van der Waals surface area (Å²) < 4.78 is 0. The van der Waals surface area contributed by atoms with Crippen molar-refractivity contribution >= 4 is 0 Å². The van der Waals surface area contributed by atoms with Crippen molar-refractivity contribution in [2.45, 2.75) is 52.0 Å². The van der Waals surface area contributed by atoms with Crippen LogP contribution in [0.2, 0.25) is 0 Å². The molecule has 2 bridgehead atoms. The molecule has 0 radical (unpaired) electrons. The van der Waals surface area contributed by atoms with Crippen LogP contribution in [0.3, 0.4) is 0 Å². The van der Waals surface area contributed by atoms with Crippen LogP contribution in [0.15, 0.2) is 24.3 Å². The van der Waals surface area contributed by atoms with Crippen molar-refractivity contribution in [3.63, 3.8) is 0 Å². The van der Waals surface area contributed by atoms with Gasteiger partial charge in [-0.05, 0) is 86.3 Å². The van der Waals surface area contributed by atoms with Crippen molar-refractivity contribution in [3.05, 3.63) is 35.4 Å². The number of hydrogen-bond acceptors (Lipinski definition) is 1. The molecule has 114 valence electrons. The Bertz CT molecular complexity index is 492. The van der Waals surface area contributed by atoms with Crippen LogP contribution in [0.5, 0.6) is 0 Å². The summed E-state index contributed by atoms with van der Waals surface area (Å²) in [6.07, 6.45) is 7.13. The van der Waals surface area contributed by atoms with Crippen LogP contribution in [0.4, 0.5) is 0 Å². The highest BCUT2D eigenvalue weighted by atomic mass is 14.9. The lowest BCUT2D eigenvalue weighted by molar-refractivity contribution is 0.361. The first-order valence-corrected chi connectivity index (χ1v) is 9.07. The smallest absolute Gasteiger partial charge is 0.0141 e. The molecule has 3 fully saturated rings. The lowest BCUT2D eigenvalue weighted by atomic mass is 9.92. The van der Waals surface area contributed by atoms with Gasteiger partial charge in [0, 0.05) is 6.04 Å². The molecule has 1 heteroatoms. The van der Waals surface area contributed by atoms with E-state index < -0.39 is 0 Å². The van der Waals surface area contributed by atoms with Crippen molar-refractivity contribution < 1.29 is 0 Å². The second kappa shape index (κ2) is 5.43. The van der Waals surface area contributed by atoms with E-state index in [-0.39, 0.29) is 0 Å². The predicted octanol–water partition coefficient (Wildman–Crippen LogP) is 4.20. The van der Waals surface area contributed by atoms with E-state index >= 15 is 0 Å². The highest BCUT2D eigenvalue weighted by Crippen LogP contribution is 2.70. The minimum absolute atomic E-state index is 0.726. The third-order valence-corrected chi connectivity index (χ3v) is 6.62. The van der Waals surface area contributed by atoms with Gasteiger partial charge >= 0.3 is 0 Å². The zero-order chi connectivity index (χ0) is 14.4. The van der Waals surface area contributed by atoms with E-state index in [0.29, 0.717) is 0 Å². The van der Waals surface area contributed by atoms with E-state index in [4.69, 9.17) is 0 Å². The van der Waals surface area contributed by atoms with Crippen LogP contribution in [0.25, 0.3) is 0 Å². The third-order valence-electron chi connectivity index (χ3n) is 6.62. The van der Waals surface area contributed by atoms with Crippen molar-refractivity contribution in [1.82, 2.24) is 5.32 Å². The molecule has 5 atom stereocenters. The monoisotopic (exact) mass is 283 g/mol. The molecule has 21 heavy (non-hydrogen) atoms. The Morgan fingerprint density at radius 2 is 1.86 bits per heavy atom. The van der Waals surface area contributed by atoms with Gasteiger partial charge in [-0.1, -0.05) is 31.2 Å². The van der Waals surface area contributed by atoms with Gasteiger partial charge < -0.3 is 5.32 Å². The zero-order valence-corrected chi connectivity index (χ0v) is 13.5. The fraction of sp³-hybridized carbons (Fsp3) is 0.700. The van der Waals surface area contributed by atoms with Gasteiger partial charge in [0.2, 0.25) is 0 Å². The molecule has 0 spiro atoms. The summed E-state index contributed by atoms with van der Waals surface area (Å²) in [6.45, 7) is 5.74. The molecule has 1 aromatic carbocycles. The van der Waals surface area contributed by atoms with Gasteiger partial charge in [0.05, 0.1) is 0 Å². The maximum absolute atomic E-state index is 3.90. The quantitative estimate of drug-likeness (QED) is 0.825. The van der Waals surface area contributed by atoms with Gasteiger partial charge in [-0.2, -0.15) is 0 Å². The summed E-state index contributed by atoms with van der Waals surface area (Å²) in [5.74, 6) is 5.34. The maximum Gasteiger partial charge on any atom is 0.0141 e. The summed E-state index contributed by atoms with van der Waals surface area (Å²) in [5, 5.41) is 3.90. The van der Waals surface area contributed by atoms with E-state index in [9.17, 15) is 0 Å². The molecular weight excluding hydrogens is 254 g/mol. The molecule has 0 aromatic heterocycles. The van der Waals surface area contributed by atoms with E-state index in [1.54, 1.807) is 12.0 Å². The summed E-state index contributed by atoms with van der Waals surface area (Å²) in [7, 11) is 0. The summed E-state index contributed by atoms with van der Waals surface area (Å²) in [5.41, 5.74) is 3.03. The SMILES string of the molecule is CCCNC(Cc1ccccc1C)C1C2C3CCC(C3)C21. The first-order valence-electron chi connectivity index (χ1n) is 9.07. The molecule has 1 nitrogen and oxygen atoms in total. The Kier molecular flexibility index (Phi) is 3.57. The van der Waals surface area contributed by atoms with Gasteiger partial charge in [0.1, 0.15) is 0 Å². The topological polar surface area (TPSA) is 12.0 Å². The van der Waals surface area contributed by atoms with Crippen LogP contribution in [0, 0.1) is 36.5 Å². The average Bonchev–Trinajstić information content (AvgIpc) is 2.92. The van der Waals surface area contributed by atoms with Gasteiger partial charge in [-0.25, -0.2) is 0 Å². The molecule has 0 aliphatic heterocycles. The Labute approximate surface area is 129 Å². The standard InChI is InChI=1S/C20H29N/c1-3-10-21-17(12-14-7-5-4-6-13(14)2)20-18-15-8-9-16(11-15)19(18)20/h4-7,15-21H,3,8-12H2,1-2H3. The highest BCUT2D eigenvalue weighted by molar-refractivity contribution is 5.28. The second-order valence-electron chi connectivity index (χ2n) is 7.76. The number of benzene rings is 1. The molecule has 0 saturated heterocycles. The molecule has 3 aliphatic carbocycles. The number of rotatable bonds is 6. The first-order chi connectivity index (χ1) is 10.3. The van der Waals surface area contributed by atoms with Gasteiger partial charge in [0.15, 0.2) is 0 Å². The summed E-state index contributed by atoms with van der Waals surface area (Å²) >= 11 is 0. The van der Waals surface area contributed by atoms with Gasteiger partial charge in [-0.15, -0.1) is 0 Å². The Morgan fingerprint density at radius 1 is 1.14 bits per heavy atom. The minimum Gasteiger partial charge on any atom is -0.313 e. The molecule has 0 amide bonds. The van der Waals surface area contributed by atoms with Crippen LogP contribution in [-0.4, -0.2) is 12.6 Å². The fourth-order valence-corrected chi connectivity index (χ4v) is 5.68. The van der Waals surface area contributed by atoms with Crippen molar-refractivity contribution in [1.29, 1.82) is 0 Å². The van der Waals surface area contributed by atoms with Crippen molar-refractivity contribution in [2.75, 3.05) is 6.54 Å². The number of nitrogens with one attached hydrogen (secondary N) is 1. The number of fused-ring (bicyclic) bond motifs is 5. The molecule has 3 saturated carbocycles. The summed E-state index contributed by atoms with van der Waals surface area (Å²) in [6, 6.07) is 9.70. The van der Waals surface area contributed by atoms with Crippen molar-refractivity contribution in [2.24, 2.45) is 29.6 Å². The molecule has 4 rings (SSSR count). The Balaban J connectivity index is 1.49. The lowest BCUT2D eigenvalue weighted by Crippen LogP contribution is -2.36. The molecule has 5 unspecified atom stereocenters. The molecule has 1 N–H and O–H groups in total. The lowest BCUT2D eigenvalue weighted by Gasteiger charge is -2.23. The Hall–Kier alpha value is -0.820. The van der Waals surface area contributed by atoms with E-state index in [2.05, 4.69) is 43.4 Å². The van der Waals surface area contributed by atoms with Crippen LogP contribution < -0.4 is 5.32 Å². The molecule has 0 heterocycles. The summed E-state index contributed by atoms with van der Waals surface area (Å²) in [4.78, 5) is 0. The number of aryl methyl sites for hydroxylation is 1. The van der Waals surface area contributed by atoms with Crippen LogP contribution >= 0.6 is 0 Å². The van der Waals surface area contributed by atoms with E-state index in [1.165, 1.54) is 37.8 Å². The van der Waals surface area contributed by atoms with E-state index in [0.717, 1.165) is 35.6 Å². The normalized spacial score (nSPS) is 37.5. The Morgan fingerprint density at radius 3 is 2.52 bits per heavy atom. The molecular formula is C20H29N. The zero-order valence-electron chi connectivity index (χ0n) is 13.5. The first kappa shape index (κ1) is 13.8. The molecule has 3 aliphatic rings. The fourth-order valence-electron chi connectivity index (χ4n) is 5.68. The largest absolute Gasteiger partial charge is 0.313 e. The van der Waals surface area contributed by atoms with Gasteiger partial charge in [0.25, 0.3) is 0 Å². The molecule has 1 aromatic rings. The van der Waals surface area contributed by atoms with Gasteiger partial charge in [-0.3, -0.25) is 0 Å². The van der Waals surface area contributed by atoms with Crippen molar-refractivity contribution in [3.8, 4) is 0 Å². The van der Waals surface area contributed by atoms with E-state index in [1.807, 2.05) is 0 Å². The maximum atomic E-state index is 3.90. The third kappa shape index (κ3) is 2.34. The average molecular weight is 283 g/mol.